The highest BCUT2D eigenvalue weighted by atomic mass is 32.2. The maximum Gasteiger partial charge on any atom is 0.114 e. The normalized spacial score (nSPS) is 28.5. The lowest BCUT2D eigenvalue weighted by Crippen LogP contribution is -2.42. The van der Waals surface area contributed by atoms with Gasteiger partial charge < -0.3 is 9.73 Å². The van der Waals surface area contributed by atoms with Crippen molar-refractivity contribution in [3.8, 4) is 0 Å². The Hall–Kier alpha value is -0.410. The van der Waals surface area contributed by atoms with Crippen molar-refractivity contribution < 1.29 is 4.42 Å². The van der Waals surface area contributed by atoms with Gasteiger partial charge in [0.15, 0.2) is 0 Å². The molecule has 1 aliphatic rings. The van der Waals surface area contributed by atoms with Gasteiger partial charge in [-0.1, -0.05) is 20.3 Å². The average Bonchev–Trinajstić information content (AvgIpc) is 2.77. The van der Waals surface area contributed by atoms with E-state index in [0.717, 1.165) is 18.2 Å². The maximum absolute atomic E-state index is 5.41. The zero-order valence-corrected chi connectivity index (χ0v) is 12.6. The van der Waals surface area contributed by atoms with Crippen LogP contribution in [-0.2, 0) is 0 Å². The lowest BCUT2D eigenvalue weighted by Gasteiger charge is -2.36. The summed E-state index contributed by atoms with van der Waals surface area (Å²) in [7, 11) is 0. The molecule has 3 atom stereocenters. The Morgan fingerprint density at radius 1 is 1.39 bits per heavy atom. The van der Waals surface area contributed by atoms with E-state index in [4.69, 9.17) is 4.42 Å². The lowest BCUT2D eigenvalue weighted by atomic mass is 9.84. The average molecular weight is 267 g/mol. The third kappa shape index (κ3) is 3.33. The van der Waals surface area contributed by atoms with E-state index in [1.807, 2.05) is 11.8 Å². The molecule has 2 rings (SSSR count). The first-order valence-corrected chi connectivity index (χ1v) is 8.06. The summed E-state index contributed by atoms with van der Waals surface area (Å²) in [6.07, 6.45) is 7.17. The molecule has 0 aromatic carbocycles. The van der Waals surface area contributed by atoms with Crippen LogP contribution in [0, 0.1) is 12.8 Å². The summed E-state index contributed by atoms with van der Waals surface area (Å²) in [6.45, 7) is 7.66. The first kappa shape index (κ1) is 14.0. The van der Waals surface area contributed by atoms with E-state index in [1.165, 1.54) is 30.6 Å². The minimum absolute atomic E-state index is 0.664. The van der Waals surface area contributed by atoms with Crippen LogP contribution < -0.4 is 5.32 Å². The maximum atomic E-state index is 5.41. The molecule has 0 spiro atoms. The standard InChI is InChI=1S/C15H25NOS/c1-4-12-6-7-13(16-5-2)15(10-12)18-14-8-9-17-11(14)3/h8-9,12-13,15-16H,4-7,10H2,1-3H3. The third-order valence-electron chi connectivity index (χ3n) is 4.03. The van der Waals surface area contributed by atoms with Gasteiger partial charge >= 0.3 is 0 Å². The molecule has 1 fully saturated rings. The smallest absolute Gasteiger partial charge is 0.114 e. The van der Waals surface area contributed by atoms with Gasteiger partial charge in [-0.2, -0.15) is 0 Å². The van der Waals surface area contributed by atoms with Crippen molar-refractivity contribution in [1.29, 1.82) is 0 Å². The molecule has 18 heavy (non-hydrogen) atoms. The largest absolute Gasteiger partial charge is 0.468 e. The Labute approximate surface area is 115 Å². The molecule has 1 N–H and O–H groups in total. The molecule has 3 unspecified atom stereocenters. The first-order valence-electron chi connectivity index (χ1n) is 7.18. The van der Waals surface area contributed by atoms with E-state index < -0.39 is 0 Å². The van der Waals surface area contributed by atoms with Crippen LogP contribution in [0.15, 0.2) is 21.6 Å². The van der Waals surface area contributed by atoms with Gasteiger partial charge in [-0.05, 0) is 44.7 Å². The number of aryl methyl sites for hydroxylation is 1. The van der Waals surface area contributed by atoms with E-state index in [0.29, 0.717) is 11.3 Å². The molecule has 1 aromatic rings. The van der Waals surface area contributed by atoms with Gasteiger partial charge in [0, 0.05) is 16.2 Å². The predicted octanol–water partition coefficient (Wildman–Crippen LogP) is 4.24. The van der Waals surface area contributed by atoms with Crippen LogP contribution in [0.2, 0.25) is 0 Å². The molecule has 1 saturated carbocycles. The first-order chi connectivity index (χ1) is 8.74. The van der Waals surface area contributed by atoms with Gasteiger partial charge in [-0.25, -0.2) is 0 Å². The second kappa shape index (κ2) is 6.67. The zero-order valence-electron chi connectivity index (χ0n) is 11.7. The summed E-state index contributed by atoms with van der Waals surface area (Å²) in [5, 5.41) is 4.35. The van der Waals surface area contributed by atoms with Gasteiger partial charge in [-0.15, -0.1) is 11.8 Å². The van der Waals surface area contributed by atoms with Crippen molar-refractivity contribution in [1.82, 2.24) is 5.32 Å². The van der Waals surface area contributed by atoms with Crippen molar-refractivity contribution in [3.05, 3.63) is 18.1 Å². The molecular formula is C15H25NOS. The molecule has 3 heteroatoms. The minimum atomic E-state index is 0.664. The molecule has 0 saturated heterocycles. The number of rotatable bonds is 5. The van der Waals surface area contributed by atoms with E-state index in [-0.39, 0.29) is 0 Å². The zero-order chi connectivity index (χ0) is 13.0. The summed E-state index contributed by atoms with van der Waals surface area (Å²) < 4.78 is 5.41. The molecule has 102 valence electrons. The Morgan fingerprint density at radius 3 is 2.83 bits per heavy atom. The number of hydrogen-bond acceptors (Lipinski definition) is 3. The SMILES string of the molecule is CCNC1CCC(CC)CC1Sc1ccoc1C. The van der Waals surface area contributed by atoms with Crippen LogP contribution >= 0.6 is 11.8 Å². The summed E-state index contributed by atoms with van der Waals surface area (Å²) in [5.74, 6) is 1.97. The fraction of sp³-hybridized carbons (Fsp3) is 0.733. The van der Waals surface area contributed by atoms with Crippen LogP contribution in [0.25, 0.3) is 0 Å². The van der Waals surface area contributed by atoms with Crippen LogP contribution in [0.1, 0.15) is 45.3 Å². The van der Waals surface area contributed by atoms with Crippen molar-refractivity contribution >= 4 is 11.8 Å². The summed E-state index contributed by atoms with van der Waals surface area (Å²) in [5.41, 5.74) is 0. The monoisotopic (exact) mass is 267 g/mol. The number of thioether (sulfide) groups is 1. The molecule has 2 nitrogen and oxygen atoms in total. The Kier molecular flexibility index (Phi) is 5.19. The highest BCUT2D eigenvalue weighted by Gasteiger charge is 2.30. The predicted molar refractivity (Wildman–Crippen MR) is 78.2 cm³/mol. The van der Waals surface area contributed by atoms with Crippen LogP contribution in [-0.4, -0.2) is 17.8 Å². The topological polar surface area (TPSA) is 25.2 Å². The minimum Gasteiger partial charge on any atom is -0.468 e. The molecule has 0 radical (unpaired) electrons. The molecule has 0 aliphatic heterocycles. The number of hydrogen-bond donors (Lipinski definition) is 1. The van der Waals surface area contributed by atoms with Crippen LogP contribution in [0.4, 0.5) is 0 Å². The van der Waals surface area contributed by atoms with E-state index in [2.05, 4.69) is 32.2 Å². The lowest BCUT2D eigenvalue weighted by molar-refractivity contribution is 0.298. The summed E-state index contributed by atoms with van der Waals surface area (Å²) in [6, 6.07) is 2.77. The van der Waals surface area contributed by atoms with Crippen molar-refractivity contribution in [2.45, 2.75) is 62.6 Å². The third-order valence-corrected chi connectivity index (χ3v) is 5.53. The molecule has 0 bridgehead atoms. The summed E-state index contributed by atoms with van der Waals surface area (Å²) >= 11 is 2.01. The van der Waals surface area contributed by atoms with Crippen molar-refractivity contribution in [2.75, 3.05) is 6.54 Å². The number of furan rings is 1. The van der Waals surface area contributed by atoms with Gasteiger partial charge in [0.1, 0.15) is 5.76 Å². The van der Waals surface area contributed by atoms with Crippen molar-refractivity contribution in [3.63, 3.8) is 0 Å². The molecule has 1 aromatic heterocycles. The fourth-order valence-electron chi connectivity index (χ4n) is 2.87. The van der Waals surface area contributed by atoms with E-state index in [9.17, 15) is 0 Å². The van der Waals surface area contributed by atoms with Crippen LogP contribution in [0.3, 0.4) is 0 Å². The second-order valence-electron chi connectivity index (χ2n) is 5.25. The Bertz CT molecular complexity index is 363. The molecule has 1 aliphatic carbocycles. The molecule has 0 amide bonds. The summed E-state index contributed by atoms with van der Waals surface area (Å²) in [4.78, 5) is 1.32. The van der Waals surface area contributed by atoms with Crippen molar-refractivity contribution in [2.24, 2.45) is 5.92 Å². The molecule has 1 heterocycles. The van der Waals surface area contributed by atoms with Gasteiger partial charge in [0.05, 0.1) is 6.26 Å². The highest BCUT2D eigenvalue weighted by Crippen LogP contribution is 2.38. The second-order valence-corrected chi connectivity index (χ2v) is 6.53. The quantitative estimate of drug-likeness (QED) is 0.864. The number of nitrogens with one attached hydrogen (secondary N) is 1. The van der Waals surface area contributed by atoms with Gasteiger partial charge in [-0.3, -0.25) is 0 Å². The Morgan fingerprint density at radius 2 is 2.22 bits per heavy atom. The van der Waals surface area contributed by atoms with Crippen LogP contribution in [0.5, 0.6) is 0 Å². The Balaban J connectivity index is 2.02. The van der Waals surface area contributed by atoms with E-state index >= 15 is 0 Å². The highest BCUT2D eigenvalue weighted by molar-refractivity contribution is 8.00. The van der Waals surface area contributed by atoms with E-state index in [1.54, 1.807) is 6.26 Å². The van der Waals surface area contributed by atoms with Gasteiger partial charge in [0.2, 0.25) is 0 Å². The van der Waals surface area contributed by atoms with Gasteiger partial charge in [0.25, 0.3) is 0 Å². The molecular weight excluding hydrogens is 242 g/mol. The fourth-order valence-corrected chi connectivity index (χ4v) is 4.31.